The Hall–Kier alpha value is -1.67. The van der Waals surface area contributed by atoms with Gasteiger partial charge in [0.25, 0.3) is 11.8 Å². The lowest BCUT2D eigenvalue weighted by Gasteiger charge is -2.22. The fourth-order valence-corrected chi connectivity index (χ4v) is 3.02. The van der Waals surface area contributed by atoms with Crippen molar-refractivity contribution in [3.8, 4) is 0 Å². The summed E-state index contributed by atoms with van der Waals surface area (Å²) in [6, 6.07) is 4.90. The third-order valence-corrected chi connectivity index (χ3v) is 4.87. The Morgan fingerprint density at radius 2 is 2.04 bits per heavy atom. The number of ketones is 1. The fourth-order valence-electron chi connectivity index (χ4n) is 2.70. The lowest BCUT2D eigenvalue weighted by Crippen LogP contribution is -2.38. The average molecular weight is 403 g/mol. The molecule has 0 bridgehead atoms. The zero-order valence-electron chi connectivity index (χ0n) is 14.3. The van der Waals surface area contributed by atoms with Gasteiger partial charge < -0.3 is 10.0 Å². The van der Waals surface area contributed by atoms with Crippen molar-refractivity contribution in [2.75, 3.05) is 26.8 Å². The summed E-state index contributed by atoms with van der Waals surface area (Å²) in [5.41, 5.74) is 0.672. The first-order valence-electron chi connectivity index (χ1n) is 8.12. The number of hydrogen-bond donors (Lipinski definition) is 1. The molecule has 7 nitrogen and oxygen atoms in total. The van der Waals surface area contributed by atoms with Gasteiger partial charge in [0, 0.05) is 19.7 Å². The maximum Gasteiger partial charge on any atom is 0.290 e. The van der Waals surface area contributed by atoms with Crippen molar-refractivity contribution in [3.05, 3.63) is 33.8 Å². The van der Waals surface area contributed by atoms with Gasteiger partial charge in [-0.2, -0.15) is 0 Å². The number of carbonyl (C=O) groups is 3. The number of Topliss-reactive ketones (excluding diaryl/α,β-unsaturated/α-hetero) is 1. The molecule has 0 saturated carbocycles. The SMILES string of the molecule is CON(Cc1ccc(Cl)c(Cl)c1)C(=O)C1CN(CCCCO)C(=O)C1=O. The fraction of sp³-hybridized carbons (Fsp3) is 0.471. The molecule has 1 saturated heterocycles. The van der Waals surface area contributed by atoms with E-state index in [2.05, 4.69) is 0 Å². The summed E-state index contributed by atoms with van der Waals surface area (Å²) < 4.78 is 0. The van der Waals surface area contributed by atoms with Crippen LogP contribution in [0.5, 0.6) is 0 Å². The maximum atomic E-state index is 12.7. The van der Waals surface area contributed by atoms with Crippen LogP contribution < -0.4 is 0 Å². The lowest BCUT2D eigenvalue weighted by molar-refractivity contribution is -0.183. The number of aliphatic hydroxyl groups is 1. The van der Waals surface area contributed by atoms with Crippen LogP contribution in [0.3, 0.4) is 0 Å². The van der Waals surface area contributed by atoms with Crippen molar-refractivity contribution in [1.82, 2.24) is 9.96 Å². The van der Waals surface area contributed by atoms with Gasteiger partial charge in [0.2, 0.25) is 5.78 Å². The molecule has 1 fully saturated rings. The van der Waals surface area contributed by atoms with Gasteiger partial charge in [0.05, 0.1) is 23.7 Å². The summed E-state index contributed by atoms with van der Waals surface area (Å²) >= 11 is 11.8. The summed E-state index contributed by atoms with van der Waals surface area (Å²) in [7, 11) is 1.32. The first-order chi connectivity index (χ1) is 12.4. The summed E-state index contributed by atoms with van der Waals surface area (Å²) in [6.45, 7) is 0.423. The molecule has 2 rings (SSSR count). The van der Waals surface area contributed by atoms with E-state index in [1.165, 1.54) is 12.0 Å². The Labute approximate surface area is 161 Å². The number of likely N-dealkylation sites (tertiary alicyclic amines) is 1. The number of carbonyl (C=O) groups excluding carboxylic acids is 3. The minimum atomic E-state index is -1.10. The van der Waals surface area contributed by atoms with Crippen LogP contribution in [0, 0.1) is 5.92 Å². The van der Waals surface area contributed by atoms with Crippen molar-refractivity contribution in [1.29, 1.82) is 0 Å². The normalized spacial score (nSPS) is 17.1. The highest BCUT2D eigenvalue weighted by Gasteiger charge is 2.44. The molecule has 1 aromatic carbocycles. The molecule has 1 atom stereocenters. The van der Waals surface area contributed by atoms with Gasteiger partial charge in [-0.1, -0.05) is 29.3 Å². The molecule has 0 aromatic heterocycles. The smallest absolute Gasteiger partial charge is 0.290 e. The van der Waals surface area contributed by atoms with Crippen molar-refractivity contribution in [2.45, 2.75) is 19.4 Å². The molecule has 0 spiro atoms. The second-order valence-corrected chi connectivity index (χ2v) is 6.72. The zero-order chi connectivity index (χ0) is 19.3. The molecule has 2 amide bonds. The van der Waals surface area contributed by atoms with Crippen LogP contribution in [0.4, 0.5) is 0 Å². The van der Waals surface area contributed by atoms with Crippen LogP contribution in [0.25, 0.3) is 0 Å². The van der Waals surface area contributed by atoms with Crippen LogP contribution in [-0.2, 0) is 25.8 Å². The summed E-state index contributed by atoms with van der Waals surface area (Å²) in [5, 5.41) is 10.6. The molecule has 142 valence electrons. The van der Waals surface area contributed by atoms with Crippen molar-refractivity contribution in [2.24, 2.45) is 5.92 Å². The number of nitrogens with zero attached hydrogens (tertiary/aromatic N) is 2. The van der Waals surface area contributed by atoms with E-state index in [1.54, 1.807) is 18.2 Å². The second-order valence-electron chi connectivity index (χ2n) is 5.90. The summed E-state index contributed by atoms with van der Waals surface area (Å²) in [5.74, 6) is -3.09. The predicted molar refractivity (Wildman–Crippen MR) is 95.4 cm³/mol. The van der Waals surface area contributed by atoms with Gasteiger partial charge in [-0.15, -0.1) is 0 Å². The molecule has 9 heteroatoms. The van der Waals surface area contributed by atoms with Crippen LogP contribution >= 0.6 is 23.2 Å². The van der Waals surface area contributed by atoms with E-state index >= 15 is 0 Å². The van der Waals surface area contributed by atoms with E-state index in [-0.39, 0.29) is 19.7 Å². The monoisotopic (exact) mass is 402 g/mol. The molecule has 0 aliphatic carbocycles. The van der Waals surface area contributed by atoms with E-state index in [1.807, 2.05) is 0 Å². The second kappa shape index (κ2) is 9.32. The van der Waals surface area contributed by atoms with E-state index in [0.29, 0.717) is 35.0 Å². The Morgan fingerprint density at radius 3 is 2.65 bits per heavy atom. The highest BCUT2D eigenvalue weighted by atomic mass is 35.5. The van der Waals surface area contributed by atoms with Gasteiger partial charge >= 0.3 is 0 Å². The summed E-state index contributed by atoms with van der Waals surface area (Å²) in [4.78, 5) is 43.3. The first-order valence-corrected chi connectivity index (χ1v) is 8.88. The average Bonchev–Trinajstić information content (AvgIpc) is 2.91. The lowest BCUT2D eigenvalue weighted by atomic mass is 10.1. The largest absolute Gasteiger partial charge is 0.396 e. The minimum absolute atomic E-state index is 0.0133. The van der Waals surface area contributed by atoms with Crippen LogP contribution in [0.15, 0.2) is 18.2 Å². The number of unbranched alkanes of at least 4 members (excludes halogenated alkanes) is 1. The Balaban J connectivity index is 2.06. The topological polar surface area (TPSA) is 87.2 Å². The standard InChI is InChI=1S/C17H20Cl2N2O5/c1-26-21(9-11-4-5-13(18)14(19)8-11)16(24)12-10-20(6-2-3-7-22)17(25)15(12)23/h4-5,8,12,22H,2-3,6-7,9-10H2,1H3. The van der Waals surface area contributed by atoms with E-state index in [4.69, 9.17) is 33.1 Å². The Bertz CT molecular complexity index is 698. The summed E-state index contributed by atoms with van der Waals surface area (Å²) in [6.07, 6.45) is 1.09. The molecule has 1 aromatic rings. The van der Waals surface area contributed by atoms with Crippen LogP contribution in [-0.4, -0.2) is 59.5 Å². The van der Waals surface area contributed by atoms with E-state index < -0.39 is 23.5 Å². The van der Waals surface area contributed by atoms with E-state index in [0.717, 1.165) is 5.06 Å². The number of amides is 2. The Morgan fingerprint density at radius 1 is 1.31 bits per heavy atom. The Kier molecular flexibility index (Phi) is 7.40. The van der Waals surface area contributed by atoms with Gasteiger partial charge in [0.15, 0.2) is 0 Å². The number of hydrogen-bond acceptors (Lipinski definition) is 5. The van der Waals surface area contributed by atoms with Gasteiger partial charge in [0.1, 0.15) is 5.92 Å². The third-order valence-electron chi connectivity index (χ3n) is 4.13. The highest BCUT2D eigenvalue weighted by Crippen LogP contribution is 2.24. The molecule has 26 heavy (non-hydrogen) atoms. The van der Waals surface area contributed by atoms with Gasteiger partial charge in [-0.25, -0.2) is 5.06 Å². The molecular weight excluding hydrogens is 383 g/mol. The molecule has 1 aliphatic rings. The van der Waals surface area contributed by atoms with E-state index in [9.17, 15) is 14.4 Å². The molecular formula is C17H20Cl2N2O5. The molecule has 1 aliphatic heterocycles. The number of benzene rings is 1. The first kappa shape index (κ1) is 20.6. The zero-order valence-corrected chi connectivity index (χ0v) is 15.8. The molecule has 0 radical (unpaired) electrons. The van der Waals surface area contributed by atoms with Crippen molar-refractivity contribution >= 4 is 40.8 Å². The van der Waals surface area contributed by atoms with Crippen molar-refractivity contribution < 1.29 is 24.3 Å². The van der Waals surface area contributed by atoms with Crippen LogP contribution in [0.2, 0.25) is 10.0 Å². The molecule has 1 N–H and O–H groups in total. The predicted octanol–water partition coefficient (Wildman–Crippen LogP) is 1.68. The molecule has 1 unspecified atom stereocenters. The van der Waals surface area contributed by atoms with Crippen molar-refractivity contribution in [3.63, 3.8) is 0 Å². The number of rotatable bonds is 8. The molecule has 1 heterocycles. The maximum absolute atomic E-state index is 12.7. The third kappa shape index (κ3) is 4.73. The number of aliphatic hydroxyl groups excluding tert-OH is 1. The number of hydroxylamine groups is 2. The van der Waals surface area contributed by atoms with Gasteiger partial charge in [-0.05, 0) is 30.5 Å². The minimum Gasteiger partial charge on any atom is -0.396 e. The highest BCUT2D eigenvalue weighted by molar-refractivity contribution is 6.42. The van der Waals surface area contributed by atoms with Gasteiger partial charge in [-0.3, -0.25) is 19.2 Å². The number of halogens is 2. The quantitative estimate of drug-likeness (QED) is 0.309. The van der Waals surface area contributed by atoms with Crippen LogP contribution in [0.1, 0.15) is 18.4 Å².